The maximum absolute atomic E-state index is 13.3. The highest BCUT2D eigenvalue weighted by molar-refractivity contribution is 7.92. The Morgan fingerprint density at radius 1 is 1.05 bits per heavy atom. The molecule has 2 rings (SSSR count). The topological polar surface area (TPSA) is 64.6 Å². The van der Waals surface area contributed by atoms with Gasteiger partial charge < -0.3 is 9.47 Å². The van der Waals surface area contributed by atoms with E-state index in [9.17, 15) is 12.8 Å². The number of hydrogen-bond acceptors (Lipinski definition) is 4. The van der Waals surface area contributed by atoms with Crippen molar-refractivity contribution in [2.75, 3.05) is 18.9 Å². The fourth-order valence-corrected chi connectivity index (χ4v) is 3.30. The Balaban J connectivity index is 2.42. The van der Waals surface area contributed by atoms with Crippen LogP contribution in [0.15, 0.2) is 41.3 Å². The van der Waals surface area contributed by atoms with Crippen molar-refractivity contribution < 1.29 is 22.3 Å². The van der Waals surface area contributed by atoms with Crippen molar-refractivity contribution in [1.29, 1.82) is 0 Å². The van der Waals surface area contributed by atoms with E-state index in [2.05, 4.69) is 4.72 Å². The molecule has 22 heavy (non-hydrogen) atoms. The molecule has 0 fully saturated rings. The van der Waals surface area contributed by atoms with Gasteiger partial charge in [0.25, 0.3) is 10.0 Å². The number of hydrogen-bond donors (Lipinski definition) is 1. The summed E-state index contributed by atoms with van der Waals surface area (Å²) < 4.78 is 50.7. The summed E-state index contributed by atoms with van der Waals surface area (Å²) in [4.78, 5) is 0.0830. The van der Waals surface area contributed by atoms with Crippen LogP contribution in [0.25, 0.3) is 0 Å². The fourth-order valence-electron chi connectivity index (χ4n) is 2.01. The average Bonchev–Trinajstić information content (AvgIpc) is 2.46. The van der Waals surface area contributed by atoms with Gasteiger partial charge in [-0.15, -0.1) is 0 Å². The molecule has 0 aliphatic carbocycles. The number of methoxy groups -OCH3 is 2. The second kappa shape index (κ2) is 6.23. The van der Waals surface area contributed by atoms with Crippen molar-refractivity contribution in [2.45, 2.75) is 11.8 Å². The lowest BCUT2D eigenvalue weighted by Crippen LogP contribution is -2.15. The summed E-state index contributed by atoms with van der Waals surface area (Å²) in [7, 11) is -0.993. The summed E-state index contributed by atoms with van der Waals surface area (Å²) in [6.07, 6.45) is 0. The monoisotopic (exact) mass is 325 g/mol. The first-order chi connectivity index (χ1) is 10.4. The zero-order valence-corrected chi connectivity index (χ0v) is 13.2. The molecular formula is C15H16FNO4S. The van der Waals surface area contributed by atoms with Gasteiger partial charge in [0.15, 0.2) is 0 Å². The standard InChI is InChI=1S/C15H16FNO4S/c1-10-8-12(20-2)5-7-15(10)22(18,19)17-13-9-11(16)4-6-14(13)21-3/h4-9,17H,1-3H3. The predicted molar refractivity (Wildman–Crippen MR) is 81.5 cm³/mol. The molecule has 0 saturated carbocycles. The molecule has 0 bridgehead atoms. The largest absolute Gasteiger partial charge is 0.497 e. The second-order valence-corrected chi connectivity index (χ2v) is 6.23. The third kappa shape index (κ3) is 3.30. The molecule has 0 amide bonds. The zero-order chi connectivity index (χ0) is 16.3. The summed E-state index contributed by atoms with van der Waals surface area (Å²) in [5, 5.41) is 0. The van der Waals surface area contributed by atoms with E-state index in [1.54, 1.807) is 19.1 Å². The predicted octanol–water partition coefficient (Wildman–Crippen LogP) is 2.95. The summed E-state index contributed by atoms with van der Waals surface area (Å²) in [5.74, 6) is 0.223. The quantitative estimate of drug-likeness (QED) is 0.918. The number of ether oxygens (including phenoxy) is 2. The van der Waals surface area contributed by atoms with Crippen LogP contribution < -0.4 is 14.2 Å². The number of halogens is 1. The van der Waals surface area contributed by atoms with Crippen LogP contribution in [-0.2, 0) is 10.0 Å². The van der Waals surface area contributed by atoms with E-state index in [1.807, 2.05) is 0 Å². The van der Waals surface area contributed by atoms with Crippen LogP contribution in [-0.4, -0.2) is 22.6 Å². The van der Waals surface area contributed by atoms with Crippen molar-refractivity contribution in [3.63, 3.8) is 0 Å². The Kier molecular flexibility index (Phi) is 4.56. The van der Waals surface area contributed by atoms with Gasteiger partial charge in [-0.25, -0.2) is 12.8 Å². The minimum atomic E-state index is -3.87. The Hall–Kier alpha value is -2.28. The average molecular weight is 325 g/mol. The fraction of sp³-hybridized carbons (Fsp3) is 0.200. The van der Waals surface area contributed by atoms with E-state index in [-0.39, 0.29) is 16.3 Å². The van der Waals surface area contributed by atoms with Gasteiger partial charge in [0.1, 0.15) is 17.3 Å². The van der Waals surface area contributed by atoms with Gasteiger partial charge in [0, 0.05) is 6.07 Å². The van der Waals surface area contributed by atoms with Crippen LogP contribution in [0.2, 0.25) is 0 Å². The van der Waals surface area contributed by atoms with Gasteiger partial charge in [-0.2, -0.15) is 0 Å². The van der Waals surface area contributed by atoms with Crippen LogP contribution in [0.3, 0.4) is 0 Å². The molecule has 0 spiro atoms. The van der Waals surface area contributed by atoms with Crippen LogP contribution in [0.5, 0.6) is 11.5 Å². The molecule has 2 aromatic rings. The summed E-state index contributed by atoms with van der Waals surface area (Å²) >= 11 is 0. The molecule has 7 heteroatoms. The molecule has 2 aromatic carbocycles. The van der Waals surface area contributed by atoms with Crippen molar-refractivity contribution in [3.8, 4) is 11.5 Å². The smallest absolute Gasteiger partial charge is 0.262 e. The third-order valence-corrected chi connectivity index (χ3v) is 4.60. The van der Waals surface area contributed by atoms with Gasteiger partial charge in [0.05, 0.1) is 24.8 Å². The second-order valence-electron chi connectivity index (χ2n) is 4.58. The molecule has 0 atom stereocenters. The molecule has 0 heterocycles. The van der Waals surface area contributed by atoms with Crippen LogP contribution in [0.4, 0.5) is 10.1 Å². The van der Waals surface area contributed by atoms with E-state index in [4.69, 9.17) is 9.47 Å². The SMILES string of the molecule is COc1ccc(S(=O)(=O)Nc2cc(F)ccc2OC)c(C)c1. The summed E-state index contributed by atoms with van der Waals surface area (Å²) in [6, 6.07) is 8.20. The van der Waals surface area contributed by atoms with E-state index < -0.39 is 15.8 Å². The van der Waals surface area contributed by atoms with Crippen molar-refractivity contribution in [3.05, 3.63) is 47.8 Å². The number of benzene rings is 2. The molecule has 0 radical (unpaired) electrons. The van der Waals surface area contributed by atoms with Crippen molar-refractivity contribution in [1.82, 2.24) is 0 Å². The van der Waals surface area contributed by atoms with Crippen molar-refractivity contribution in [2.24, 2.45) is 0 Å². The highest BCUT2D eigenvalue weighted by Gasteiger charge is 2.19. The number of anilines is 1. The molecule has 0 aliphatic heterocycles. The molecule has 5 nitrogen and oxygen atoms in total. The Bertz CT molecular complexity index is 790. The van der Waals surface area contributed by atoms with Gasteiger partial charge in [-0.05, 0) is 42.8 Å². The number of aryl methyl sites for hydroxylation is 1. The van der Waals surface area contributed by atoms with Crippen LogP contribution >= 0.6 is 0 Å². The first-order valence-corrected chi connectivity index (χ1v) is 7.86. The molecule has 0 aliphatic rings. The molecule has 0 unspecified atom stereocenters. The minimum absolute atomic E-state index is 0.0396. The number of sulfonamides is 1. The van der Waals surface area contributed by atoms with E-state index in [1.165, 1.54) is 32.4 Å². The Labute approximate surface area is 128 Å². The number of rotatable bonds is 5. The number of nitrogens with one attached hydrogen (secondary N) is 1. The first kappa shape index (κ1) is 16.1. The lowest BCUT2D eigenvalue weighted by molar-refractivity contribution is 0.414. The van der Waals surface area contributed by atoms with E-state index in [0.717, 1.165) is 6.07 Å². The lowest BCUT2D eigenvalue weighted by Gasteiger charge is -2.13. The van der Waals surface area contributed by atoms with E-state index >= 15 is 0 Å². The highest BCUT2D eigenvalue weighted by Crippen LogP contribution is 2.29. The zero-order valence-electron chi connectivity index (χ0n) is 12.4. The van der Waals surface area contributed by atoms with Gasteiger partial charge in [-0.3, -0.25) is 4.72 Å². The minimum Gasteiger partial charge on any atom is -0.497 e. The van der Waals surface area contributed by atoms with Crippen LogP contribution in [0.1, 0.15) is 5.56 Å². The normalized spacial score (nSPS) is 11.1. The van der Waals surface area contributed by atoms with Gasteiger partial charge >= 0.3 is 0 Å². The maximum atomic E-state index is 13.3. The summed E-state index contributed by atoms with van der Waals surface area (Å²) in [6.45, 7) is 1.65. The van der Waals surface area contributed by atoms with Gasteiger partial charge in [0.2, 0.25) is 0 Å². The van der Waals surface area contributed by atoms with Crippen LogP contribution in [0, 0.1) is 12.7 Å². The maximum Gasteiger partial charge on any atom is 0.262 e. The van der Waals surface area contributed by atoms with Crippen molar-refractivity contribution >= 4 is 15.7 Å². The lowest BCUT2D eigenvalue weighted by atomic mass is 10.2. The molecule has 118 valence electrons. The third-order valence-electron chi connectivity index (χ3n) is 3.08. The molecule has 0 aromatic heterocycles. The molecule has 1 N–H and O–H groups in total. The highest BCUT2D eigenvalue weighted by atomic mass is 32.2. The first-order valence-electron chi connectivity index (χ1n) is 6.38. The summed E-state index contributed by atoms with van der Waals surface area (Å²) in [5.41, 5.74) is 0.555. The Morgan fingerprint density at radius 3 is 2.36 bits per heavy atom. The molecule has 0 saturated heterocycles. The van der Waals surface area contributed by atoms with Gasteiger partial charge in [-0.1, -0.05) is 0 Å². The van der Waals surface area contributed by atoms with E-state index in [0.29, 0.717) is 11.3 Å². The molecular weight excluding hydrogens is 309 g/mol. The Morgan fingerprint density at radius 2 is 1.77 bits per heavy atom.